The molecule has 0 saturated heterocycles. The van der Waals surface area contributed by atoms with E-state index in [0.29, 0.717) is 6.61 Å². The van der Waals surface area contributed by atoms with E-state index in [9.17, 15) is 0 Å². The summed E-state index contributed by atoms with van der Waals surface area (Å²) in [5.74, 6) is 1.45. The van der Waals surface area contributed by atoms with Gasteiger partial charge >= 0.3 is 0 Å². The summed E-state index contributed by atoms with van der Waals surface area (Å²) >= 11 is 0. The monoisotopic (exact) mass is 441 g/mol. The Bertz CT molecular complexity index is 1390. The lowest BCUT2D eigenvalue weighted by Crippen LogP contribution is -1.96. The minimum atomic E-state index is 0.496. The van der Waals surface area contributed by atoms with Crippen molar-refractivity contribution in [2.24, 2.45) is 4.99 Å². The van der Waals surface area contributed by atoms with Crippen LogP contribution in [0.4, 0.5) is 5.82 Å². The van der Waals surface area contributed by atoms with Gasteiger partial charge in [-0.1, -0.05) is 90.5 Å². The number of aliphatic imine (C=N–C) groups is 1. The molecule has 0 bridgehead atoms. The van der Waals surface area contributed by atoms with Crippen molar-refractivity contribution in [1.29, 1.82) is 0 Å². The maximum absolute atomic E-state index is 5.92. The summed E-state index contributed by atoms with van der Waals surface area (Å²) in [6, 6.07) is 40.2. The standard InChI is InChI=1S/C30H23N3O/c1-23-15-17-26(18-16-23)29-20-30(33(32-29)27-12-6-3-7-13-27)31-21-25-11-8-14-28(19-25)34-22-24-9-4-2-5-10-24/h2-7,9-10,12-21H,22H2,1H3. The summed E-state index contributed by atoms with van der Waals surface area (Å²) in [6.45, 7) is 2.57. The Hall–Kier alpha value is -4.62. The quantitative estimate of drug-likeness (QED) is 0.261. The van der Waals surface area contributed by atoms with Crippen molar-refractivity contribution in [2.45, 2.75) is 13.5 Å². The lowest BCUT2D eigenvalue weighted by molar-refractivity contribution is 0.306. The van der Waals surface area contributed by atoms with Crippen LogP contribution in [0, 0.1) is 19.1 Å². The molecule has 5 rings (SSSR count). The van der Waals surface area contributed by atoms with Crippen molar-refractivity contribution in [3.63, 3.8) is 0 Å². The van der Waals surface area contributed by atoms with Crippen LogP contribution >= 0.6 is 0 Å². The summed E-state index contributed by atoms with van der Waals surface area (Å²) in [4.78, 5) is 4.74. The Balaban J connectivity index is 1.42. The highest BCUT2D eigenvalue weighted by Crippen LogP contribution is 2.27. The number of para-hydroxylation sites is 1. The van der Waals surface area contributed by atoms with E-state index in [1.54, 1.807) is 12.3 Å². The molecule has 5 aromatic rings. The van der Waals surface area contributed by atoms with Crippen LogP contribution in [-0.4, -0.2) is 16.0 Å². The number of nitrogens with zero attached hydrogens (tertiary/aromatic N) is 3. The molecule has 0 fully saturated rings. The number of aryl methyl sites for hydroxylation is 1. The van der Waals surface area contributed by atoms with Gasteiger partial charge in [-0.2, -0.15) is 5.10 Å². The number of aromatic nitrogens is 2. The van der Waals surface area contributed by atoms with Gasteiger partial charge in [-0.05, 0) is 30.7 Å². The highest BCUT2D eigenvalue weighted by Gasteiger charge is 2.10. The van der Waals surface area contributed by atoms with Crippen LogP contribution in [0.25, 0.3) is 16.9 Å². The Morgan fingerprint density at radius 3 is 2.41 bits per heavy atom. The van der Waals surface area contributed by atoms with Crippen molar-refractivity contribution in [2.75, 3.05) is 0 Å². The third-order valence-electron chi connectivity index (χ3n) is 5.35. The van der Waals surface area contributed by atoms with Gasteiger partial charge in [0.05, 0.1) is 11.4 Å². The van der Waals surface area contributed by atoms with Gasteiger partial charge in [0.1, 0.15) is 12.4 Å². The predicted molar refractivity (Wildman–Crippen MR) is 136 cm³/mol. The number of ether oxygens (including phenoxy) is 1. The minimum Gasteiger partial charge on any atom is -0.488 e. The maximum atomic E-state index is 5.92. The van der Waals surface area contributed by atoms with Gasteiger partial charge in [0.15, 0.2) is 5.82 Å². The van der Waals surface area contributed by atoms with E-state index in [2.05, 4.69) is 43.3 Å². The van der Waals surface area contributed by atoms with Crippen molar-refractivity contribution >= 4 is 12.0 Å². The van der Waals surface area contributed by atoms with Crippen molar-refractivity contribution < 1.29 is 4.74 Å². The molecule has 4 heteroatoms. The predicted octanol–water partition coefficient (Wildman–Crippen LogP) is 6.78. The largest absolute Gasteiger partial charge is 0.488 e. The normalized spacial score (nSPS) is 10.9. The fourth-order valence-corrected chi connectivity index (χ4v) is 3.54. The minimum absolute atomic E-state index is 0.496. The Morgan fingerprint density at radius 1 is 0.912 bits per heavy atom. The van der Waals surface area contributed by atoms with Crippen LogP contribution < -0.4 is 4.74 Å². The lowest BCUT2D eigenvalue weighted by Gasteiger charge is -2.05. The van der Waals surface area contributed by atoms with Gasteiger partial charge in [0.25, 0.3) is 0 Å². The first-order valence-electron chi connectivity index (χ1n) is 11.1. The average molecular weight is 442 g/mol. The van der Waals surface area contributed by atoms with Crippen molar-refractivity contribution in [3.8, 4) is 22.7 Å². The zero-order chi connectivity index (χ0) is 23.2. The first kappa shape index (κ1) is 21.2. The van der Waals surface area contributed by atoms with Crippen LogP contribution in [0.5, 0.6) is 5.75 Å². The van der Waals surface area contributed by atoms with E-state index in [1.165, 1.54) is 5.56 Å². The molecular weight excluding hydrogens is 418 g/mol. The Morgan fingerprint density at radius 2 is 1.65 bits per heavy atom. The molecule has 34 heavy (non-hydrogen) atoms. The highest BCUT2D eigenvalue weighted by molar-refractivity contribution is 5.82. The summed E-state index contributed by atoms with van der Waals surface area (Å²) in [5.41, 5.74) is 5.97. The second-order valence-corrected chi connectivity index (χ2v) is 7.95. The first-order chi connectivity index (χ1) is 16.7. The molecule has 0 aliphatic carbocycles. The molecule has 0 unspecified atom stereocenters. The van der Waals surface area contributed by atoms with Gasteiger partial charge < -0.3 is 4.74 Å². The zero-order valence-electron chi connectivity index (χ0n) is 18.8. The van der Waals surface area contributed by atoms with E-state index >= 15 is 0 Å². The molecule has 1 heterocycles. The highest BCUT2D eigenvalue weighted by atomic mass is 16.5. The molecule has 164 valence electrons. The van der Waals surface area contributed by atoms with Crippen LogP contribution in [-0.2, 0) is 6.61 Å². The van der Waals surface area contributed by atoms with Crippen LogP contribution in [0.1, 0.15) is 16.7 Å². The molecule has 0 aliphatic heterocycles. The molecule has 4 nitrogen and oxygen atoms in total. The number of benzene rings is 3. The molecule has 1 aromatic heterocycles. The van der Waals surface area contributed by atoms with Crippen LogP contribution in [0.15, 0.2) is 108 Å². The van der Waals surface area contributed by atoms with Crippen molar-refractivity contribution in [3.05, 3.63) is 132 Å². The lowest BCUT2D eigenvalue weighted by atomic mass is 10.1. The number of hydrogen-bond acceptors (Lipinski definition) is 3. The van der Waals surface area contributed by atoms with E-state index in [0.717, 1.165) is 39.6 Å². The molecular formula is C30H23N3O. The Kier molecular flexibility index (Phi) is 6.18. The topological polar surface area (TPSA) is 39.4 Å². The SMILES string of the molecule is Cc1ccc(-c2cc(N=Cc3c#ccc(OCc4ccccc4)c3)n(-c3ccccc3)n2)cc1. The van der Waals surface area contributed by atoms with E-state index in [-0.39, 0.29) is 0 Å². The molecule has 4 aromatic carbocycles. The smallest absolute Gasteiger partial charge is 0.156 e. The summed E-state index contributed by atoms with van der Waals surface area (Å²) < 4.78 is 7.77. The van der Waals surface area contributed by atoms with Gasteiger partial charge in [0, 0.05) is 29.5 Å². The number of hydrogen-bond donors (Lipinski definition) is 0. The molecule has 0 aliphatic rings. The van der Waals surface area contributed by atoms with Gasteiger partial charge in [-0.15, -0.1) is 0 Å². The van der Waals surface area contributed by atoms with E-state index in [4.69, 9.17) is 14.8 Å². The van der Waals surface area contributed by atoms with Crippen molar-refractivity contribution in [1.82, 2.24) is 9.78 Å². The summed E-state index contributed by atoms with van der Waals surface area (Å²) in [7, 11) is 0. The molecule has 0 amide bonds. The molecule has 0 atom stereocenters. The first-order valence-corrected chi connectivity index (χ1v) is 11.1. The third kappa shape index (κ3) is 5.06. The summed E-state index contributed by atoms with van der Waals surface area (Å²) in [6.07, 6.45) is 1.77. The number of rotatable bonds is 7. The molecule has 0 radical (unpaired) electrons. The Labute approximate surface area is 199 Å². The second-order valence-electron chi connectivity index (χ2n) is 7.95. The average Bonchev–Trinajstić information content (AvgIpc) is 3.32. The van der Waals surface area contributed by atoms with Gasteiger partial charge in [-0.25, -0.2) is 9.67 Å². The molecule has 0 N–H and O–H groups in total. The van der Waals surface area contributed by atoms with E-state index < -0.39 is 0 Å². The fourth-order valence-electron chi connectivity index (χ4n) is 3.54. The molecule has 0 saturated carbocycles. The zero-order valence-corrected chi connectivity index (χ0v) is 18.8. The summed E-state index contributed by atoms with van der Waals surface area (Å²) in [5, 5.41) is 4.83. The van der Waals surface area contributed by atoms with Gasteiger partial charge in [0.2, 0.25) is 0 Å². The fraction of sp³-hybridized carbons (Fsp3) is 0.0667. The maximum Gasteiger partial charge on any atom is 0.156 e. The van der Waals surface area contributed by atoms with Crippen LogP contribution in [0.2, 0.25) is 0 Å². The second kappa shape index (κ2) is 9.89. The van der Waals surface area contributed by atoms with E-state index in [1.807, 2.05) is 77.5 Å². The van der Waals surface area contributed by atoms with Crippen LogP contribution in [0.3, 0.4) is 0 Å². The van der Waals surface area contributed by atoms with Gasteiger partial charge in [-0.3, -0.25) is 0 Å². The third-order valence-corrected chi connectivity index (χ3v) is 5.35. The molecule has 0 spiro atoms.